The molecule has 0 aliphatic carbocycles. The number of likely N-dealkylation sites (tertiary alicyclic amines) is 1. The van der Waals surface area contributed by atoms with Crippen molar-refractivity contribution in [3.8, 4) is 0 Å². The predicted molar refractivity (Wildman–Crippen MR) is 64.4 cm³/mol. The molecular formula is C12H24N2O2. The molecular weight excluding hydrogens is 204 g/mol. The summed E-state index contributed by atoms with van der Waals surface area (Å²) >= 11 is 0. The quantitative estimate of drug-likeness (QED) is 0.707. The fraction of sp³-hybridized carbons (Fsp3) is 0.917. The van der Waals surface area contributed by atoms with Crippen LogP contribution in [0.5, 0.6) is 0 Å². The Labute approximate surface area is 98.3 Å². The van der Waals surface area contributed by atoms with Crippen molar-refractivity contribution in [3.63, 3.8) is 0 Å². The van der Waals surface area contributed by atoms with Gasteiger partial charge in [-0.15, -0.1) is 0 Å². The van der Waals surface area contributed by atoms with E-state index in [1.54, 1.807) is 0 Å². The molecule has 0 radical (unpaired) electrons. The van der Waals surface area contributed by atoms with E-state index in [1.165, 1.54) is 0 Å². The van der Waals surface area contributed by atoms with Gasteiger partial charge in [0.25, 0.3) is 0 Å². The summed E-state index contributed by atoms with van der Waals surface area (Å²) in [5.41, 5.74) is 0. The zero-order valence-corrected chi connectivity index (χ0v) is 10.7. The van der Waals surface area contributed by atoms with Crippen LogP contribution >= 0.6 is 0 Å². The number of carbonyl (C=O) groups excluding carboxylic acids is 1. The third kappa shape index (κ3) is 3.76. The van der Waals surface area contributed by atoms with E-state index in [9.17, 15) is 4.79 Å². The van der Waals surface area contributed by atoms with E-state index in [0.717, 1.165) is 32.5 Å². The normalized spacial score (nSPS) is 22.8. The van der Waals surface area contributed by atoms with Gasteiger partial charge in [-0.05, 0) is 33.2 Å². The maximum Gasteiger partial charge on any atom is 0.239 e. The molecule has 0 bridgehead atoms. The van der Waals surface area contributed by atoms with Crippen LogP contribution in [0, 0.1) is 0 Å². The van der Waals surface area contributed by atoms with E-state index in [1.807, 2.05) is 18.7 Å². The number of amides is 1. The van der Waals surface area contributed by atoms with Gasteiger partial charge in [0.1, 0.15) is 0 Å². The molecule has 1 amide bonds. The molecule has 1 heterocycles. The Morgan fingerprint density at radius 2 is 2.31 bits per heavy atom. The standard InChI is InChI=1S/C12H24N2O2/c1-4-7-13-11-6-8-14(12(11)15)9-10(3)16-5-2/h10-11,13H,4-9H2,1-3H3. The Balaban J connectivity index is 2.32. The summed E-state index contributed by atoms with van der Waals surface area (Å²) in [5, 5.41) is 3.28. The molecule has 94 valence electrons. The molecule has 0 saturated carbocycles. The highest BCUT2D eigenvalue weighted by atomic mass is 16.5. The van der Waals surface area contributed by atoms with Crippen molar-refractivity contribution in [2.45, 2.75) is 45.8 Å². The van der Waals surface area contributed by atoms with Gasteiger partial charge in [-0.25, -0.2) is 0 Å². The summed E-state index contributed by atoms with van der Waals surface area (Å²) in [7, 11) is 0. The van der Waals surface area contributed by atoms with E-state index in [2.05, 4.69) is 12.2 Å². The molecule has 1 aliphatic rings. The van der Waals surface area contributed by atoms with Crippen molar-refractivity contribution in [2.24, 2.45) is 0 Å². The molecule has 4 heteroatoms. The molecule has 1 aliphatic heterocycles. The SMILES string of the molecule is CCCNC1CCN(CC(C)OCC)C1=O. The van der Waals surface area contributed by atoms with E-state index >= 15 is 0 Å². The average Bonchev–Trinajstić information content (AvgIpc) is 2.58. The molecule has 2 atom stereocenters. The van der Waals surface area contributed by atoms with E-state index < -0.39 is 0 Å². The highest BCUT2D eigenvalue weighted by molar-refractivity contribution is 5.84. The molecule has 2 unspecified atom stereocenters. The van der Waals surface area contributed by atoms with Crippen molar-refractivity contribution < 1.29 is 9.53 Å². The first-order valence-corrected chi connectivity index (χ1v) is 6.32. The first kappa shape index (κ1) is 13.5. The van der Waals surface area contributed by atoms with E-state index in [-0.39, 0.29) is 18.1 Å². The van der Waals surface area contributed by atoms with Gasteiger partial charge in [-0.2, -0.15) is 0 Å². The maximum absolute atomic E-state index is 12.0. The van der Waals surface area contributed by atoms with Gasteiger partial charge in [-0.3, -0.25) is 4.79 Å². The number of carbonyl (C=O) groups is 1. The van der Waals surface area contributed by atoms with Crippen LogP contribution in [-0.2, 0) is 9.53 Å². The minimum atomic E-state index is 0.0359. The number of nitrogens with one attached hydrogen (secondary N) is 1. The smallest absolute Gasteiger partial charge is 0.239 e. The molecule has 1 rings (SSSR count). The van der Waals surface area contributed by atoms with Crippen LogP contribution in [0.3, 0.4) is 0 Å². The zero-order chi connectivity index (χ0) is 12.0. The lowest BCUT2D eigenvalue weighted by Gasteiger charge is -2.21. The van der Waals surface area contributed by atoms with Gasteiger partial charge in [-0.1, -0.05) is 6.92 Å². The van der Waals surface area contributed by atoms with Crippen LogP contribution in [0.1, 0.15) is 33.6 Å². The van der Waals surface area contributed by atoms with Crippen LogP contribution in [0.25, 0.3) is 0 Å². The van der Waals surface area contributed by atoms with Crippen LogP contribution < -0.4 is 5.32 Å². The van der Waals surface area contributed by atoms with Gasteiger partial charge in [0.2, 0.25) is 5.91 Å². The number of hydrogen-bond donors (Lipinski definition) is 1. The molecule has 16 heavy (non-hydrogen) atoms. The Morgan fingerprint density at radius 1 is 1.56 bits per heavy atom. The zero-order valence-electron chi connectivity index (χ0n) is 10.7. The number of nitrogens with zero attached hydrogens (tertiary/aromatic N) is 1. The molecule has 1 saturated heterocycles. The lowest BCUT2D eigenvalue weighted by atomic mass is 10.2. The topological polar surface area (TPSA) is 41.6 Å². The van der Waals surface area contributed by atoms with Crippen LogP contribution in [-0.4, -0.2) is 49.2 Å². The lowest BCUT2D eigenvalue weighted by molar-refractivity contribution is -0.130. The summed E-state index contributed by atoms with van der Waals surface area (Å²) in [4.78, 5) is 13.9. The van der Waals surface area contributed by atoms with E-state index in [0.29, 0.717) is 6.61 Å². The van der Waals surface area contributed by atoms with Gasteiger partial charge in [0, 0.05) is 19.7 Å². The first-order valence-electron chi connectivity index (χ1n) is 6.32. The molecule has 0 spiro atoms. The highest BCUT2D eigenvalue weighted by Crippen LogP contribution is 2.12. The molecule has 0 aromatic carbocycles. The number of ether oxygens (including phenoxy) is 1. The Bertz CT molecular complexity index is 221. The summed E-state index contributed by atoms with van der Waals surface area (Å²) in [5.74, 6) is 0.236. The van der Waals surface area contributed by atoms with Crippen molar-refractivity contribution in [3.05, 3.63) is 0 Å². The third-order valence-corrected chi connectivity index (χ3v) is 2.87. The first-order chi connectivity index (χ1) is 7.69. The molecule has 0 aromatic rings. The number of hydrogen-bond acceptors (Lipinski definition) is 3. The van der Waals surface area contributed by atoms with Gasteiger partial charge in [0.05, 0.1) is 12.1 Å². The van der Waals surface area contributed by atoms with Crippen molar-refractivity contribution in [1.29, 1.82) is 0 Å². The maximum atomic E-state index is 12.0. The van der Waals surface area contributed by atoms with Crippen LogP contribution in [0.2, 0.25) is 0 Å². The van der Waals surface area contributed by atoms with Gasteiger partial charge in [0.15, 0.2) is 0 Å². The van der Waals surface area contributed by atoms with Gasteiger partial charge >= 0.3 is 0 Å². The van der Waals surface area contributed by atoms with Crippen LogP contribution in [0.4, 0.5) is 0 Å². The third-order valence-electron chi connectivity index (χ3n) is 2.87. The fourth-order valence-corrected chi connectivity index (χ4v) is 2.08. The number of rotatable bonds is 7. The summed E-state index contributed by atoms with van der Waals surface area (Å²) in [6, 6.07) is 0.0359. The second kappa shape index (κ2) is 6.86. The fourth-order valence-electron chi connectivity index (χ4n) is 2.08. The van der Waals surface area contributed by atoms with Crippen molar-refractivity contribution >= 4 is 5.91 Å². The van der Waals surface area contributed by atoms with Crippen LogP contribution in [0.15, 0.2) is 0 Å². The Morgan fingerprint density at radius 3 is 2.94 bits per heavy atom. The Hall–Kier alpha value is -0.610. The lowest BCUT2D eigenvalue weighted by Crippen LogP contribution is -2.41. The molecule has 1 fully saturated rings. The highest BCUT2D eigenvalue weighted by Gasteiger charge is 2.31. The van der Waals surface area contributed by atoms with E-state index in [4.69, 9.17) is 4.74 Å². The second-order valence-corrected chi connectivity index (χ2v) is 4.35. The summed E-state index contributed by atoms with van der Waals surface area (Å²) in [6.45, 7) is 9.32. The summed E-state index contributed by atoms with van der Waals surface area (Å²) in [6.07, 6.45) is 2.13. The molecule has 4 nitrogen and oxygen atoms in total. The predicted octanol–water partition coefficient (Wildman–Crippen LogP) is 1.01. The molecule has 1 N–H and O–H groups in total. The van der Waals surface area contributed by atoms with Gasteiger partial charge < -0.3 is 15.0 Å². The average molecular weight is 228 g/mol. The molecule has 0 aromatic heterocycles. The minimum absolute atomic E-state index is 0.0359. The monoisotopic (exact) mass is 228 g/mol. The summed E-state index contributed by atoms with van der Waals surface area (Å²) < 4.78 is 5.45. The van der Waals surface area contributed by atoms with Crippen molar-refractivity contribution in [2.75, 3.05) is 26.2 Å². The van der Waals surface area contributed by atoms with Crippen molar-refractivity contribution in [1.82, 2.24) is 10.2 Å². The largest absolute Gasteiger partial charge is 0.377 e. The minimum Gasteiger partial charge on any atom is -0.377 e. The second-order valence-electron chi connectivity index (χ2n) is 4.35. The Kier molecular flexibility index (Phi) is 5.77.